The summed E-state index contributed by atoms with van der Waals surface area (Å²) in [4.78, 5) is 14.8. The quantitative estimate of drug-likeness (QED) is 0.872. The number of carbonyl (C=O) groups is 1. The van der Waals surface area contributed by atoms with Crippen molar-refractivity contribution in [2.75, 3.05) is 7.11 Å². The van der Waals surface area contributed by atoms with Crippen molar-refractivity contribution in [3.8, 4) is 5.75 Å². The Balaban J connectivity index is 2.43. The fourth-order valence-electron chi connectivity index (χ4n) is 2.32. The van der Waals surface area contributed by atoms with Crippen LogP contribution in [-0.2, 0) is 6.42 Å². The highest BCUT2D eigenvalue weighted by molar-refractivity contribution is 9.10. The van der Waals surface area contributed by atoms with Crippen LogP contribution in [0.4, 0.5) is 0 Å². The van der Waals surface area contributed by atoms with E-state index in [2.05, 4.69) is 20.9 Å². The lowest BCUT2D eigenvalue weighted by Gasteiger charge is -2.03. The molecule has 4 heteroatoms. The largest absolute Gasteiger partial charge is 0.495 e. The molecule has 16 heavy (non-hydrogen) atoms. The Labute approximate surface area is 101 Å². The molecule has 1 aliphatic carbocycles. The van der Waals surface area contributed by atoms with Crippen LogP contribution in [0.1, 0.15) is 22.5 Å². The first-order valence-electron chi connectivity index (χ1n) is 5.12. The number of rotatable bonds is 1. The molecule has 0 saturated carbocycles. The fraction of sp³-hybridized carbons (Fsp3) is 0.250. The van der Waals surface area contributed by atoms with Gasteiger partial charge >= 0.3 is 0 Å². The van der Waals surface area contributed by atoms with Crippen LogP contribution in [-0.4, -0.2) is 17.9 Å². The van der Waals surface area contributed by atoms with Gasteiger partial charge in [0, 0.05) is 16.3 Å². The van der Waals surface area contributed by atoms with Crippen molar-refractivity contribution < 1.29 is 9.53 Å². The Morgan fingerprint density at radius 2 is 2.19 bits per heavy atom. The number of Topliss-reactive ketones (excluding diaryl/α,β-unsaturated/α-hetero) is 1. The van der Waals surface area contributed by atoms with Crippen LogP contribution in [0, 0.1) is 0 Å². The number of halogens is 1. The number of hydrogen-bond acceptors (Lipinski definition) is 2. The Morgan fingerprint density at radius 3 is 2.94 bits per heavy atom. The number of fused-ring (bicyclic) bond motifs is 3. The molecule has 0 fully saturated rings. The zero-order valence-electron chi connectivity index (χ0n) is 8.76. The van der Waals surface area contributed by atoms with Gasteiger partial charge in [0.1, 0.15) is 5.75 Å². The number of aromatic amines is 1. The summed E-state index contributed by atoms with van der Waals surface area (Å²) in [6.07, 6.45) is 1.43. The van der Waals surface area contributed by atoms with Gasteiger partial charge in [0.15, 0.2) is 5.78 Å². The van der Waals surface area contributed by atoms with Gasteiger partial charge in [-0.2, -0.15) is 0 Å². The van der Waals surface area contributed by atoms with Gasteiger partial charge in [0.2, 0.25) is 0 Å². The second kappa shape index (κ2) is 3.35. The minimum atomic E-state index is 0.195. The third-order valence-corrected chi connectivity index (χ3v) is 3.73. The molecule has 0 aliphatic heterocycles. The molecule has 1 N–H and O–H groups in total. The molecule has 0 spiro atoms. The van der Waals surface area contributed by atoms with Crippen molar-refractivity contribution in [1.29, 1.82) is 0 Å². The SMILES string of the molecule is COc1ccc(Br)c2c3c([nH]c12)C(=O)CC3. The van der Waals surface area contributed by atoms with Gasteiger partial charge in [-0.25, -0.2) is 0 Å². The average molecular weight is 280 g/mol. The van der Waals surface area contributed by atoms with Crippen LogP contribution in [0.3, 0.4) is 0 Å². The smallest absolute Gasteiger partial charge is 0.179 e. The molecule has 0 bridgehead atoms. The number of methoxy groups -OCH3 is 1. The summed E-state index contributed by atoms with van der Waals surface area (Å²) in [7, 11) is 1.64. The predicted molar refractivity (Wildman–Crippen MR) is 65.2 cm³/mol. The van der Waals surface area contributed by atoms with E-state index in [0.717, 1.165) is 38.8 Å². The average Bonchev–Trinajstić information content (AvgIpc) is 2.81. The van der Waals surface area contributed by atoms with Crippen LogP contribution >= 0.6 is 15.9 Å². The van der Waals surface area contributed by atoms with Gasteiger partial charge in [-0.3, -0.25) is 4.79 Å². The minimum absolute atomic E-state index is 0.195. The second-order valence-electron chi connectivity index (χ2n) is 3.90. The van der Waals surface area contributed by atoms with E-state index in [-0.39, 0.29) is 5.78 Å². The number of aromatic nitrogens is 1. The normalized spacial score (nSPS) is 14.5. The summed E-state index contributed by atoms with van der Waals surface area (Å²) in [6, 6.07) is 3.85. The van der Waals surface area contributed by atoms with Crippen LogP contribution in [0.25, 0.3) is 10.9 Å². The summed E-state index contributed by atoms with van der Waals surface area (Å²) < 4.78 is 6.30. The number of hydrogen-bond donors (Lipinski definition) is 1. The number of carbonyl (C=O) groups excluding carboxylic acids is 1. The molecule has 0 atom stereocenters. The lowest BCUT2D eigenvalue weighted by Crippen LogP contribution is -1.92. The van der Waals surface area contributed by atoms with E-state index in [1.807, 2.05) is 12.1 Å². The molecule has 3 rings (SSSR count). The Morgan fingerprint density at radius 1 is 1.38 bits per heavy atom. The first-order chi connectivity index (χ1) is 7.72. The molecular formula is C12H10BrNO2. The molecule has 0 radical (unpaired) electrons. The van der Waals surface area contributed by atoms with Crippen molar-refractivity contribution in [2.45, 2.75) is 12.8 Å². The standard InChI is InChI=1S/C12H10BrNO2/c1-16-9-5-3-7(13)10-6-2-4-8(15)11(6)14-12(9)10/h3,5,14H,2,4H2,1H3. The summed E-state index contributed by atoms with van der Waals surface area (Å²) >= 11 is 3.53. The molecule has 1 aromatic carbocycles. The molecular weight excluding hydrogens is 270 g/mol. The third-order valence-electron chi connectivity index (χ3n) is 3.07. The highest BCUT2D eigenvalue weighted by atomic mass is 79.9. The number of ketones is 1. The maximum Gasteiger partial charge on any atom is 0.179 e. The van der Waals surface area contributed by atoms with E-state index >= 15 is 0 Å². The molecule has 1 aromatic heterocycles. The lowest BCUT2D eigenvalue weighted by atomic mass is 10.1. The molecule has 82 valence electrons. The maximum atomic E-state index is 11.7. The van der Waals surface area contributed by atoms with Crippen molar-refractivity contribution in [1.82, 2.24) is 4.98 Å². The summed E-state index contributed by atoms with van der Waals surface area (Å²) in [5, 5.41) is 1.08. The monoisotopic (exact) mass is 279 g/mol. The molecule has 0 saturated heterocycles. The number of H-pyrrole nitrogens is 1. The molecule has 1 heterocycles. The molecule has 2 aromatic rings. The van der Waals surface area contributed by atoms with Gasteiger partial charge < -0.3 is 9.72 Å². The van der Waals surface area contributed by atoms with Crippen LogP contribution in [0.5, 0.6) is 5.75 Å². The zero-order valence-corrected chi connectivity index (χ0v) is 10.3. The van der Waals surface area contributed by atoms with E-state index < -0.39 is 0 Å². The minimum Gasteiger partial charge on any atom is -0.495 e. The highest BCUT2D eigenvalue weighted by Crippen LogP contribution is 2.38. The number of ether oxygens (including phenoxy) is 1. The van der Waals surface area contributed by atoms with Gasteiger partial charge in [-0.05, 0) is 24.1 Å². The molecule has 3 nitrogen and oxygen atoms in total. The predicted octanol–water partition coefficient (Wildman–Crippen LogP) is 3.07. The summed E-state index contributed by atoms with van der Waals surface area (Å²) in [6.45, 7) is 0. The van der Waals surface area contributed by atoms with Gasteiger partial charge in [0.05, 0.1) is 18.3 Å². The van der Waals surface area contributed by atoms with Gasteiger partial charge in [-0.1, -0.05) is 15.9 Å². The van der Waals surface area contributed by atoms with Gasteiger partial charge in [-0.15, -0.1) is 0 Å². The van der Waals surface area contributed by atoms with E-state index in [9.17, 15) is 4.79 Å². The van der Waals surface area contributed by atoms with E-state index in [1.54, 1.807) is 7.11 Å². The van der Waals surface area contributed by atoms with E-state index in [4.69, 9.17) is 4.74 Å². The van der Waals surface area contributed by atoms with Gasteiger partial charge in [0.25, 0.3) is 0 Å². The lowest BCUT2D eigenvalue weighted by molar-refractivity contribution is 0.0991. The zero-order chi connectivity index (χ0) is 11.3. The van der Waals surface area contributed by atoms with Crippen molar-refractivity contribution >= 4 is 32.6 Å². The Hall–Kier alpha value is -1.29. The number of nitrogens with one attached hydrogen (secondary N) is 1. The van der Waals surface area contributed by atoms with Crippen LogP contribution in [0.15, 0.2) is 16.6 Å². The van der Waals surface area contributed by atoms with Crippen molar-refractivity contribution in [3.05, 3.63) is 27.9 Å². The highest BCUT2D eigenvalue weighted by Gasteiger charge is 2.26. The number of benzene rings is 1. The third kappa shape index (κ3) is 1.16. The number of aryl methyl sites for hydroxylation is 1. The summed E-state index contributed by atoms with van der Waals surface area (Å²) in [5.41, 5.74) is 2.78. The maximum absolute atomic E-state index is 11.7. The van der Waals surface area contributed by atoms with E-state index in [1.165, 1.54) is 0 Å². The van der Waals surface area contributed by atoms with Crippen molar-refractivity contribution in [2.24, 2.45) is 0 Å². The Kier molecular flexibility index (Phi) is 2.07. The summed E-state index contributed by atoms with van der Waals surface area (Å²) in [5.74, 6) is 0.973. The first kappa shape index (κ1) is 9.90. The first-order valence-corrected chi connectivity index (χ1v) is 5.92. The molecule has 0 unspecified atom stereocenters. The topological polar surface area (TPSA) is 42.1 Å². The van der Waals surface area contributed by atoms with Crippen molar-refractivity contribution in [3.63, 3.8) is 0 Å². The van der Waals surface area contributed by atoms with Crippen LogP contribution < -0.4 is 4.74 Å². The van der Waals surface area contributed by atoms with E-state index in [0.29, 0.717) is 6.42 Å². The second-order valence-corrected chi connectivity index (χ2v) is 4.76. The molecule has 1 aliphatic rings. The Bertz CT molecular complexity index is 601. The van der Waals surface area contributed by atoms with Crippen LogP contribution in [0.2, 0.25) is 0 Å². The fourth-order valence-corrected chi connectivity index (χ4v) is 2.89. The molecule has 0 amide bonds.